The number of hydrogen-bond acceptors (Lipinski definition) is 4. The van der Waals surface area contributed by atoms with Gasteiger partial charge in [0, 0.05) is 18.8 Å². The number of aliphatic hydroxyl groups is 1. The number of β-amino-alcohol motifs (C(OH)–C–C–N with tert-alkyl or cyclic N) is 1. The smallest absolute Gasteiger partial charge is 0.139 e. The predicted octanol–water partition coefficient (Wildman–Crippen LogP) is 0.985. The molecule has 0 spiro atoms. The molecule has 0 bridgehead atoms. The van der Waals surface area contributed by atoms with Crippen molar-refractivity contribution in [3.05, 3.63) is 23.4 Å². The zero-order valence-corrected chi connectivity index (χ0v) is 10.9. The minimum atomic E-state index is -0.654. The lowest BCUT2D eigenvalue weighted by Gasteiger charge is -2.22. The Bertz CT molecular complexity index is 459. The molecule has 0 saturated carbocycles. The first-order valence-electron chi connectivity index (χ1n) is 5.64. The van der Waals surface area contributed by atoms with E-state index in [2.05, 4.69) is 4.98 Å². The molecule has 2 heterocycles. The van der Waals surface area contributed by atoms with Gasteiger partial charge in [-0.15, -0.1) is 0 Å². The minimum Gasteiger partial charge on any atom is -0.389 e. The van der Waals surface area contributed by atoms with Gasteiger partial charge in [0.1, 0.15) is 10.8 Å². The van der Waals surface area contributed by atoms with Gasteiger partial charge in [0.15, 0.2) is 0 Å². The van der Waals surface area contributed by atoms with E-state index in [-0.39, 0.29) is 0 Å². The number of aromatic nitrogens is 1. The van der Waals surface area contributed by atoms with Crippen molar-refractivity contribution in [1.82, 2.24) is 4.98 Å². The summed E-state index contributed by atoms with van der Waals surface area (Å²) in [6.45, 7) is 5.11. The van der Waals surface area contributed by atoms with Crippen LogP contribution in [-0.2, 0) is 0 Å². The molecule has 92 valence electrons. The fourth-order valence-electron chi connectivity index (χ4n) is 2.10. The van der Waals surface area contributed by atoms with Crippen LogP contribution in [0.2, 0.25) is 0 Å². The molecule has 1 aliphatic rings. The van der Waals surface area contributed by atoms with E-state index in [1.165, 1.54) is 0 Å². The molecule has 2 rings (SSSR count). The number of nitrogens with two attached hydrogens (primary N) is 1. The van der Waals surface area contributed by atoms with Gasteiger partial charge in [0.25, 0.3) is 0 Å². The molecule has 0 radical (unpaired) electrons. The van der Waals surface area contributed by atoms with Gasteiger partial charge in [-0.1, -0.05) is 12.2 Å². The summed E-state index contributed by atoms with van der Waals surface area (Å²) in [5.74, 6) is 0.787. The van der Waals surface area contributed by atoms with Crippen molar-refractivity contribution >= 4 is 23.0 Å². The number of pyridine rings is 1. The van der Waals surface area contributed by atoms with Gasteiger partial charge >= 0.3 is 0 Å². The van der Waals surface area contributed by atoms with Crippen molar-refractivity contribution in [3.8, 4) is 0 Å². The van der Waals surface area contributed by atoms with Crippen LogP contribution in [0.4, 0.5) is 5.82 Å². The lowest BCUT2D eigenvalue weighted by Crippen LogP contribution is -2.31. The minimum absolute atomic E-state index is 0.346. The molecule has 1 unspecified atom stereocenters. The van der Waals surface area contributed by atoms with Crippen LogP contribution in [0.25, 0.3) is 0 Å². The average molecular weight is 251 g/mol. The Kier molecular flexibility index (Phi) is 3.05. The van der Waals surface area contributed by atoms with E-state index in [0.29, 0.717) is 11.5 Å². The molecular weight excluding hydrogens is 234 g/mol. The van der Waals surface area contributed by atoms with Gasteiger partial charge in [-0.05, 0) is 32.4 Å². The molecule has 5 heteroatoms. The molecule has 0 amide bonds. The molecule has 1 atom stereocenters. The van der Waals surface area contributed by atoms with Gasteiger partial charge in [-0.3, -0.25) is 0 Å². The summed E-state index contributed by atoms with van der Waals surface area (Å²) in [5.41, 5.74) is 6.75. The fourth-order valence-corrected chi connectivity index (χ4v) is 2.26. The van der Waals surface area contributed by atoms with E-state index in [1.807, 2.05) is 30.9 Å². The Morgan fingerprint density at radius 1 is 1.59 bits per heavy atom. The topological polar surface area (TPSA) is 62.4 Å². The van der Waals surface area contributed by atoms with Crippen molar-refractivity contribution < 1.29 is 5.11 Å². The van der Waals surface area contributed by atoms with E-state index in [1.54, 1.807) is 0 Å². The highest BCUT2D eigenvalue weighted by Gasteiger charge is 2.33. The van der Waals surface area contributed by atoms with E-state index < -0.39 is 5.60 Å². The van der Waals surface area contributed by atoms with Gasteiger partial charge in [-0.2, -0.15) is 0 Å². The molecule has 1 aliphatic heterocycles. The second-order valence-electron chi connectivity index (χ2n) is 4.86. The summed E-state index contributed by atoms with van der Waals surface area (Å²) in [6, 6.07) is 3.79. The summed E-state index contributed by atoms with van der Waals surface area (Å²) < 4.78 is 0. The maximum atomic E-state index is 9.99. The Hall–Kier alpha value is -1.20. The monoisotopic (exact) mass is 251 g/mol. The predicted molar refractivity (Wildman–Crippen MR) is 72.3 cm³/mol. The number of nitrogens with zero attached hydrogens (tertiary/aromatic N) is 2. The zero-order chi connectivity index (χ0) is 12.6. The number of aryl methyl sites for hydroxylation is 1. The van der Waals surface area contributed by atoms with Gasteiger partial charge in [0.05, 0.1) is 11.2 Å². The van der Waals surface area contributed by atoms with Crippen molar-refractivity contribution in [2.75, 3.05) is 18.0 Å². The maximum absolute atomic E-state index is 9.99. The van der Waals surface area contributed by atoms with Crippen LogP contribution in [0.1, 0.15) is 24.6 Å². The lowest BCUT2D eigenvalue weighted by molar-refractivity contribution is 0.0839. The number of anilines is 1. The molecule has 3 N–H and O–H groups in total. The van der Waals surface area contributed by atoms with E-state index in [4.69, 9.17) is 18.0 Å². The summed E-state index contributed by atoms with van der Waals surface area (Å²) in [4.78, 5) is 6.88. The molecule has 0 aromatic carbocycles. The van der Waals surface area contributed by atoms with Crippen molar-refractivity contribution in [2.45, 2.75) is 25.9 Å². The summed E-state index contributed by atoms with van der Waals surface area (Å²) in [6.07, 6.45) is 0.736. The summed E-state index contributed by atoms with van der Waals surface area (Å²) >= 11 is 5.03. The van der Waals surface area contributed by atoms with E-state index in [0.717, 1.165) is 30.0 Å². The largest absolute Gasteiger partial charge is 0.389 e. The van der Waals surface area contributed by atoms with Crippen LogP contribution >= 0.6 is 12.2 Å². The fraction of sp³-hybridized carbons (Fsp3) is 0.500. The standard InChI is InChI=1S/C12H17N3OS/c1-8-3-4-9(10(13)17)11(14-8)15-6-5-12(2,16)7-15/h3-4,16H,5-7H2,1-2H3,(H2,13,17). The molecule has 1 saturated heterocycles. The lowest BCUT2D eigenvalue weighted by atomic mass is 10.1. The van der Waals surface area contributed by atoms with Crippen LogP contribution in [0.15, 0.2) is 12.1 Å². The van der Waals surface area contributed by atoms with Crippen molar-refractivity contribution in [1.29, 1.82) is 0 Å². The number of rotatable bonds is 2. The molecule has 1 aromatic rings. The highest BCUT2D eigenvalue weighted by Crippen LogP contribution is 2.27. The molecule has 1 fully saturated rings. The van der Waals surface area contributed by atoms with E-state index in [9.17, 15) is 5.11 Å². The van der Waals surface area contributed by atoms with Crippen LogP contribution in [0, 0.1) is 6.92 Å². The third kappa shape index (κ3) is 2.56. The van der Waals surface area contributed by atoms with Gasteiger partial charge < -0.3 is 15.7 Å². The second kappa shape index (κ2) is 4.23. The molecule has 17 heavy (non-hydrogen) atoms. The Balaban J connectivity index is 2.38. The Morgan fingerprint density at radius 3 is 2.82 bits per heavy atom. The molecule has 0 aliphatic carbocycles. The van der Waals surface area contributed by atoms with Crippen molar-refractivity contribution in [3.63, 3.8) is 0 Å². The second-order valence-corrected chi connectivity index (χ2v) is 5.30. The Labute approximate surface area is 106 Å². The SMILES string of the molecule is Cc1ccc(C(N)=S)c(N2CCC(C)(O)C2)n1. The van der Waals surface area contributed by atoms with Crippen molar-refractivity contribution in [2.24, 2.45) is 5.73 Å². The average Bonchev–Trinajstić information content (AvgIpc) is 2.58. The zero-order valence-electron chi connectivity index (χ0n) is 10.1. The first kappa shape index (κ1) is 12.3. The molecular formula is C12H17N3OS. The van der Waals surface area contributed by atoms with Crippen LogP contribution in [0.5, 0.6) is 0 Å². The van der Waals surface area contributed by atoms with E-state index >= 15 is 0 Å². The molecule has 4 nitrogen and oxygen atoms in total. The summed E-state index contributed by atoms with van der Waals surface area (Å²) in [7, 11) is 0. The third-order valence-electron chi connectivity index (χ3n) is 3.03. The van der Waals surface area contributed by atoms with Crippen LogP contribution in [-0.4, -0.2) is 33.8 Å². The van der Waals surface area contributed by atoms with Gasteiger partial charge in [0.2, 0.25) is 0 Å². The van der Waals surface area contributed by atoms with Crippen LogP contribution < -0.4 is 10.6 Å². The highest BCUT2D eigenvalue weighted by atomic mass is 32.1. The Morgan fingerprint density at radius 2 is 2.29 bits per heavy atom. The summed E-state index contributed by atoms with van der Waals surface area (Å²) in [5, 5.41) is 9.99. The van der Waals surface area contributed by atoms with Gasteiger partial charge in [-0.25, -0.2) is 4.98 Å². The normalized spacial score (nSPS) is 24.1. The molecule has 1 aromatic heterocycles. The maximum Gasteiger partial charge on any atom is 0.139 e. The first-order valence-corrected chi connectivity index (χ1v) is 6.05. The third-order valence-corrected chi connectivity index (χ3v) is 3.25. The quantitative estimate of drug-likeness (QED) is 0.767. The van der Waals surface area contributed by atoms with Crippen LogP contribution in [0.3, 0.4) is 0 Å². The number of hydrogen-bond donors (Lipinski definition) is 2. The first-order chi connectivity index (χ1) is 7.89. The number of thiocarbonyl (C=S) groups is 1. The highest BCUT2D eigenvalue weighted by molar-refractivity contribution is 7.80.